The summed E-state index contributed by atoms with van der Waals surface area (Å²) in [6.07, 6.45) is 2.80. The maximum Gasteiger partial charge on any atom is 0.237 e. The number of amides is 2. The zero-order valence-corrected chi connectivity index (χ0v) is 20.5. The third kappa shape index (κ3) is 3.33. The van der Waals surface area contributed by atoms with Crippen molar-refractivity contribution < 1.29 is 19.8 Å². The zero-order chi connectivity index (χ0) is 25.2. The van der Waals surface area contributed by atoms with E-state index in [9.17, 15) is 19.8 Å². The Morgan fingerprint density at radius 3 is 2.72 bits per heavy atom. The lowest BCUT2D eigenvalue weighted by molar-refractivity contribution is -0.136. The second kappa shape index (κ2) is 8.18. The van der Waals surface area contributed by atoms with Gasteiger partial charge in [-0.05, 0) is 66.5 Å². The van der Waals surface area contributed by atoms with Crippen LogP contribution >= 0.6 is 0 Å². The standard InChI is InChI=1S/C29H33N3O4/c1-17-7-8-21(33)12-23(17)28-13-20-16-32(10-9-18-5-3-2-4-6-18)25(20)29(28,36)14-19-11-22(26(30)34)27(35)31-24(19)15-28/h2-8,12,20,22,25,33,36H,9-11,13-16H2,1H3,(H2,30,34)(H,31,35)/t20?,22?,25-,28-,29-/m1/s1. The van der Waals surface area contributed by atoms with E-state index in [1.54, 1.807) is 12.1 Å². The average Bonchev–Trinajstić information content (AvgIpc) is 3.02. The van der Waals surface area contributed by atoms with E-state index in [-0.39, 0.29) is 24.1 Å². The predicted octanol–water partition coefficient (Wildman–Crippen LogP) is 2.29. The number of aryl methyl sites for hydroxylation is 1. The molecule has 0 aromatic heterocycles. The van der Waals surface area contributed by atoms with E-state index in [0.717, 1.165) is 48.3 Å². The summed E-state index contributed by atoms with van der Waals surface area (Å²) in [6.45, 7) is 3.79. The SMILES string of the molecule is Cc1ccc(O)cc1[C@@]12CC3=C(CC(C(N)=O)C(=O)N3)C[C@@]1(O)[C@H]1C(CN1CCc1ccccc1)C2. The van der Waals surface area contributed by atoms with Crippen LogP contribution in [-0.4, -0.2) is 51.7 Å². The van der Waals surface area contributed by atoms with Gasteiger partial charge in [0.1, 0.15) is 11.7 Å². The normalized spacial score (nSPS) is 33.3. The first-order valence-electron chi connectivity index (χ1n) is 12.8. The molecule has 2 aromatic carbocycles. The van der Waals surface area contributed by atoms with Crippen LogP contribution < -0.4 is 11.1 Å². The van der Waals surface area contributed by atoms with Gasteiger partial charge in [-0.3, -0.25) is 14.5 Å². The second-order valence-corrected chi connectivity index (χ2v) is 11.2. The molecule has 1 saturated heterocycles. The van der Waals surface area contributed by atoms with Crippen LogP contribution in [-0.2, 0) is 21.4 Å². The largest absolute Gasteiger partial charge is 0.508 e. The van der Waals surface area contributed by atoms with Gasteiger partial charge in [-0.1, -0.05) is 36.4 Å². The molecule has 2 amide bonds. The Morgan fingerprint density at radius 1 is 1.19 bits per heavy atom. The molecule has 4 aliphatic rings. The number of phenols is 1. The Hall–Kier alpha value is -3.16. The van der Waals surface area contributed by atoms with Gasteiger partial charge in [0.05, 0.1) is 5.60 Å². The van der Waals surface area contributed by atoms with Gasteiger partial charge < -0.3 is 21.3 Å². The minimum Gasteiger partial charge on any atom is -0.508 e. The van der Waals surface area contributed by atoms with Gasteiger partial charge in [0.25, 0.3) is 0 Å². The number of primary amides is 1. The van der Waals surface area contributed by atoms with Crippen LogP contribution in [0.25, 0.3) is 0 Å². The summed E-state index contributed by atoms with van der Waals surface area (Å²) in [5.74, 6) is -1.41. The lowest BCUT2D eigenvalue weighted by Gasteiger charge is -2.55. The number of hydrogen-bond acceptors (Lipinski definition) is 5. The molecule has 2 aliphatic heterocycles. The Balaban J connectivity index is 1.40. The van der Waals surface area contributed by atoms with E-state index >= 15 is 0 Å². The molecule has 0 bridgehead atoms. The topological polar surface area (TPSA) is 116 Å². The molecule has 188 valence electrons. The summed E-state index contributed by atoms with van der Waals surface area (Å²) in [7, 11) is 0. The summed E-state index contributed by atoms with van der Waals surface area (Å²) in [5.41, 5.74) is 8.76. The zero-order valence-electron chi connectivity index (χ0n) is 20.5. The lowest BCUT2D eigenvalue weighted by atomic mass is 9.58. The molecule has 0 spiro atoms. The molecule has 5 atom stereocenters. The van der Waals surface area contributed by atoms with E-state index < -0.39 is 22.8 Å². The first-order valence-corrected chi connectivity index (χ1v) is 12.8. The summed E-state index contributed by atoms with van der Waals surface area (Å²) in [4.78, 5) is 27.0. The van der Waals surface area contributed by atoms with Crippen LogP contribution in [0.1, 0.15) is 42.4 Å². The molecule has 2 aromatic rings. The minimum absolute atomic E-state index is 0.0262. The quantitative estimate of drug-likeness (QED) is 0.483. The van der Waals surface area contributed by atoms with Crippen molar-refractivity contribution in [2.75, 3.05) is 13.1 Å². The minimum atomic E-state index is -1.09. The van der Waals surface area contributed by atoms with Crippen molar-refractivity contribution in [3.63, 3.8) is 0 Å². The number of hydrogen-bond donors (Lipinski definition) is 4. The summed E-state index contributed by atoms with van der Waals surface area (Å²) in [6, 6.07) is 15.7. The second-order valence-electron chi connectivity index (χ2n) is 11.2. The smallest absolute Gasteiger partial charge is 0.237 e. The van der Waals surface area contributed by atoms with Crippen molar-refractivity contribution in [3.8, 4) is 5.75 Å². The van der Waals surface area contributed by atoms with Crippen molar-refractivity contribution in [3.05, 3.63) is 76.5 Å². The van der Waals surface area contributed by atoms with E-state index in [0.29, 0.717) is 18.8 Å². The van der Waals surface area contributed by atoms with Crippen molar-refractivity contribution >= 4 is 11.8 Å². The van der Waals surface area contributed by atoms with Gasteiger partial charge in [0.2, 0.25) is 11.8 Å². The van der Waals surface area contributed by atoms with Crippen LogP contribution in [0.2, 0.25) is 0 Å². The Morgan fingerprint density at radius 2 is 1.97 bits per heavy atom. The molecule has 2 aliphatic carbocycles. The van der Waals surface area contributed by atoms with E-state index in [1.807, 2.05) is 19.1 Å². The number of likely N-dealkylation sites (tertiary alicyclic amines) is 1. The molecule has 1 saturated carbocycles. The van der Waals surface area contributed by atoms with Crippen LogP contribution in [0, 0.1) is 18.8 Å². The van der Waals surface area contributed by atoms with Crippen LogP contribution in [0.3, 0.4) is 0 Å². The summed E-state index contributed by atoms with van der Waals surface area (Å²) >= 11 is 0. The van der Waals surface area contributed by atoms with Gasteiger partial charge in [0, 0.05) is 43.1 Å². The van der Waals surface area contributed by atoms with Crippen molar-refractivity contribution in [2.45, 2.75) is 56.1 Å². The third-order valence-corrected chi connectivity index (χ3v) is 9.28. The average molecular weight is 488 g/mol. The molecule has 2 heterocycles. The number of fused-ring (bicyclic) bond motifs is 3. The van der Waals surface area contributed by atoms with Gasteiger partial charge in [0.15, 0.2) is 0 Å². The van der Waals surface area contributed by atoms with Crippen LogP contribution in [0.5, 0.6) is 5.75 Å². The number of benzene rings is 2. The number of aliphatic hydroxyl groups is 1. The number of phenolic OH excluding ortho intramolecular Hbond substituents is 1. The highest BCUT2D eigenvalue weighted by molar-refractivity contribution is 6.01. The Bertz CT molecular complexity index is 1270. The van der Waals surface area contributed by atoms with Gasteiger partial charge in [-0.15, -0.1) is 0 Å². The fourth-order valence-electron chi connectivity index (χ4n) is 7.65. The number of nitrogens with one attached hydrogen (secondary N) is 1. The monoisotopic (exact) mass is 487 g/mol. The molecule has 2 unspecified atom stereocenters. The number of carbonyl (C=O) groups excluding carboxylic acids is 2. The predicted molar refractivity (Wildman–Crippen MR) is 135 cm³/mol. The number of aromatic hydroxyl groups is 1. The van der Waals surface area contributed by atoms with E-state index in [2.05, 4.69) is 34.5 Å². The fraction of sp³-hybridized carbons (Fsp3) is 0.448. The molecule has 36 heavy (non-hydrogen) atoms. The molecular weight excluding hydrogens is 454 g/mol. The van der Waals surface area contributed by atoms with Crippen LogP contribution in [0.15, 0.2) is 59.8 Å². The molecule has 5 N–H and O–H groups in total. The molecule has 2 fully saturated rings. The molecule has 7 nitrogen and oxygen atoms in total. The van der Waals surface area contributed by atoms with Gasteiger partial charge >= 0.3 is 0 Å². The number of nitrogens with zero attached hydrogens (tertiary/aromatic N) is 1. The van der Waals surface area contributed by atoms with E-state index in [4.69, 9.17) is 5.73 Å². The lowest BCUT2D eigenvalue weighted by Crippen LogP contribution is -2.67. The highest BCUT2D eigenvalue weighted by Gasteiger charge is 2.70. The number of carbonyl (C=O) groups is 2. The van der Waals surface area contributed by atoms with Crippen molar-refractivity contribution in [1.29, 1.82) is 0 Å². The number of nitrogens with two attached hydrogens (primary N) is 1. The highest BCUT2D eigenvalue weighted by Crippen LogP contribution is 2.64. The summed E-state index contributed by atoms with van der Waals surface area (Å²) in [5, 5.41) is 26.1. The number of rotatable bonds is 5. The first kappa shape index (κ1) is 23.3. The van der Waals surface area contributed by atoms with Crippen LogP contribution in [0.4, 0.5) is 0 Å². The van der Waals surface area contributed by atoms with Gasteiger partial charge in [-0.2, -0.15) is 0 Å². The van der Waals surface area contributed by atoms with E-state index in [1.165, 1.54) is 5.56 Å². The summed E-state index contributed by atoms with van der Waals surface area (Å²) < 4.78 is 0. The van der Waals surface area contributed by atoms with Crippen molar-refractivity contribution in [1.82, 2.24) is 10.2 Å². The molecule has 6 rings (SSSR count). The molecule has 7 heteroatoms. The molecule has 0 radical (unpaired) electrons. The highest BCUT2D eigenvalue weighted by atomic mass is 16.3. The fourth-order valence-corrected chi connectivity index (χ4v) is 7.65. The molecular formula is C29H33N3O4. The third-order valence-electron chi connectivity index (χ3n) is 9.28. The Labute approximate surface area is 211 Å². The first-order chi connectivity index (χ1) is 17.2. The van der Waals surface area contributed by atoms with Crippen molar-refractivity contribution in [2.24, 2.45) is 17.6 Å². The maximum atomic E-state index is 12.7. The number of allylic oxidation sites excluding steroid dienone is 1. The maximum absolute atomic E-state index is 12.7. The Kier molecular flexibility index (Phi) is 5.28. The van der Waals surface area contributed by atoms with Gasteiger partial charge in [-0.25, -0.2) is 0 Å².